The van der Waals surface area contributed by atoms with E-state index < -0.39 is 6.03 Å². The minimum Gasteiger partial charge on any atom is -0.492 e. The van der Waals surface area contributed by atoms with Crippen molar-refractivity contribution in [1.29, 1.82) is 0 Å². The minimum atomic E-state index is -0.709. The number of carbonyl (C=O) groups excluding carboxylic acids is 1. The summed E-state index contributed by atoms with van der Waals surface area (Å²) >= 11 is 2.14. The summed E-state index contributed by atoms with van der Waals surface area (Å²) in [6.45, 7) is 2.42. The van der Waals surface area contributed by atoms with E-state index in [0.717, 1.165) is 9.13 Å². The van der Waals surface area contributed by atoms with Gasteiger partial charge in [-0.2, -0.15) is 5.10 Å². The van der Waals surface area contributed by atoms with Crippen molar-refractivity contribution in [1.82, 2.24) is 5.43 Å². The molecule has 1 aromatic rings. The zero-order valence-corrected chi connectivity index (χ0v) is 12.2. The zero-order valence-electron chi connectivity index (χ0n) is 10.1. The van der Waals surface area contributed by atoms with Crippen molar-refractivity contribution in [3.8, 4) is 11.5 Å². The molecule has 0 aliphatic carbocycles. The molecule has 0 spiro atoms. The first-order valence-corrected chi connectivity index (χ1v) is 6.25. The maximum absolute atomic E-state index is 10.5. The Bertz CT molecular complexity index is 463. The van der Waals surface area contributed by atoms with Gasteiger partial charge in [0.05, 0.1) is 23.5 Å². The lowest BCUT2D eigenvalue weighted by molar-refractivity contribution is 0.249. The fraction of sp³-hybridized carbons (Fsp3) is 0.273. The maximum Gasteiger partial charge on any atom is 0.332 e. The molecule has 0 aromatic heterocycles. The topological polar surface area (TPSA) is 85.9 Å². The number of urea groups is 1. The molecule has 0 unspecified atom stereocenters. The van der Waals surface area contributed by atoms with Crippen LogP contribution in [0.1, 0.15) is 12.5 Å². The van der Waals surface area contributed by atoms with Gasteiger partial charge in [0.25, 0.3) is 0 Å². The minimum absolute atomic E-state index is 0.534. The number of hydrogen-bond donors (Lipinski definition) is 2. The Morgan fingerprint density at radius 2 is 2.33 bits per heavy atom. The van der Waals surface area contributed by atoms with Crippen LogP contribution >= 0.6 is 22.6 Å². The van der Waals surface area contributed by atoms with Gasteiger partial charge < -0.3 is 15.2 Å². The van der Waals surface area contributed by atoms with E-state index >= 15 is 0 Å². The van der Waals surface area contributed by atoms with E-state index in [9.17, 15) is 4.79 Å². The summed E-state index contributed by atoms with van der Waals surface area (Å²) in [5, 5.41) is 3.69. The molecule has 3 N–H and O–H groups in total. The lowest BCUT2D eigenvalue weighted by atomic mass is 10.2. The van der Waals surface area contributed by atoms with Crippen molar-refractivity contribution in [2.45, 2.75) is 6.92 Å². The highest BCUT2D eigenvalue weighted by Crippen LogP contribution is 2.33. The zero-order chi connectivity index (χ0) is 13.5. The first kappa shape index (κ1) is 14.6. The van der Waals surface area contributed by atoms with Crippen LogP contribution in [0.15, 0.2) is 17.2 Å². The number of benzene rings is 1. The van der Waals surface area contributed by atoms with E-state index in [-0.39, 0.29) is 0 Å². The number of rotatable bonds is 5. The normalized spacial score (nSPS) is 10.4. The molecule has 0 atom stereocenters. The highest BCUT2D eigenvalue weighted by molar-refractivity contribution is 14.1. The lowest BCUT2D eigenvalue weighted by Crippen LogP contribution is -2.24. The van der Waals surface area contributed by atoms with Crippen LogP contribution in [0, 0.1) is 3.57 Å². The van der Waals surface area contributed by atoms with Gasteiger partial charge in [0.1, 0.15) is 0 Å². The molecule has 1 aromatic carbocycles. The monoisotopic (exact) mass is 363 g/mol. The van der Waals surface area contributed by atoms with E-state index in [1.807, 2.05) is 13.0 Å². The Kier molecular flexibility index (Phi) is 5.69. The van der Waals surface area contributed by atoms with Gasteiger partial charge in [0, 0.05) is 0 Å². The average molecular weight is 363 g/mol. The first-order valence-electron chi connectivity index (χ1n) is 5.17. The summed E-state index contributed by atoms with van der Waals surface area (Å²) < 4.78 is 11.6. The van der Waals surface area contributed by atoms with Gasteiger partial charge in [0.2, 0.25) is 0 Å². The lowest BCUT2D eigenvalue weighted by Gasteiger charge is -2.11. The van der Waals surface area contributed by atoms with Crippen LogP contribution in [0.5, 0.6) is 11.5 Å². The smallest absolute Gasteiger partial charge is 0.332 e. The number of halogens is 1. The molecule has 0 heterocycles. The van der Waals surface area contributed by atoms with Crippen LogP contribution in [0.2, 0.25) is 0 Å². The Hall–Kier alpha value is -1.51. The third kappa shape index (κ3) is 4.06. The van der Waals surface area contributed by atoms with E-state index in [2.05, 4.69) is 33.1 Å². The number of methoxy groups -OCH3 is 1. The van der Waals surface area contributed by atoms with E-state index in [1.165, 1.54) is 6.21 Å². The molecular formula is C11H14IN3O3. The number of ether oxygens (including phenoxy) is 2. The standard InChI is InChI=1S/C11H14IN3O3/c1-3-18-9-5-7(6-14-15-11(13)16)4-8(12)10(9)17-2/h4-6H,3H2,1-2H3,(H3,13,15,16). The SMILES string of the molecule is CCOc1cc(C=NNC(N)=O)cc(I)c1OC. The summed E-state index contributed by atoms with van der Waals surface area (Å²) in [6.07, 6.45) is 1.48. The summed E-state index contributed by atoms with van der Waals surface area (Å²) in [5.74, 6) is 1.31. The Labute approximate surface area is 119 Å². The first-order chi connectivity index (χ1) is 8.58. The van der Waals surface area contributed by atoms with Crippen molar-refractivity contribution in [3.05, 3.63) is 21.3 Å². The molecule has 0 aliphatic heterocycles. The fourth-order valence-electron chi connectivity index (χ4n) is 1.29. The molecule has 6 nitrogen and oxygen atoms in total. The Morgan fingerprint density at radius 3 is 2.89 bits per heavy atom. The van der Waals surface area contributed by atoms with Gasteiger partial charge in [-0.1, -0.05) is 0 Å². The molecule has 1 rings (SSSR count). The predicted molar refractivity (Wildman–Crippen MR) is 77.2 cm³/mol. The number of nitrogens with two attached hydrogens (primary N) is 1. The summed E-state index contributed by atoms with van der Waals surface area (Å²) in [6, 6.07) is 2.92. The largest absolute Gasteiger partial charge is 0.492 e. The second kappa shape index (κ2) is 7.04. The van der Waals surface area contributed by atoms with Crippen LogP contribution in [0.3, 0.4) is 0 Å². The number of nitrogens with one attached hydrogen (secondary N) is 1. The average Bonchev–Trinajstić information content (AvgIpc) is 2.28. The third-order valence-corrected chi connectivity index (χ3v) is 2.73. The van der Waals surface area contributed by atoms with Crippen LogP contribution < -0.4 is 20.6 Å². The third-order valence-electron chi connectivity index (χ3n) is 1.92. The molecule has 0 saturated heterocycles. The quantitative estimate of drug-likeness (QED) is 0.474. The molecule has 0 aliphatic rings. The van der Waals surface area contributed by atoms with Crippen molar-refractivity contribution in [2.24, 2.45) is 10.8 Å². The van der Waals surface area contributed by atoms with E-state index in [4.69, 9.17) is 15.2 Å². The van der Waals surface area contributed by atoms with Gasteiger partial charge in [-0.3, -0.25) is 0 Å². The second-order valence-corrected chi connectivity index (χ2v) is 4.36. The van der Waals surface area contributed by atoms with Crippen LogP contribution in [-0.2, 0) is 0 Å². The molecule has 0 bridgehead atoms. The van der Waals surface area contributed by atoms with Gasteiger partial charge in [-0.25, -0.2) is 10.2 Å². The van der Waals surface area contributed by atoms with Gasteiger partial charge in [0.15, 0.2) is 11.5 Å². The van der Waals surface area contributed by atoms with Gasteiger partial charge >= 0.3 is 6.03 Å². The maximum atomic E-state index is 10.5. The molecule has 0 saturated carbocycles. The van der Waals surface area contributed by atoms with E-state index in [0.29, 0.717) is 18.1 Å². The van der Waals surface area contributed by atoms with Crippen molar-refractivity contribution in [3.63, 3.8) is 0 Å². The van der Waals surface area contributed by atoms with Gasteiger partial charge in [-0.15, -0.1) is 0 Å². The molecule has 0 fully saturated rings. The second-order valence-electron chi connectivity index (χ2n) is 3.20. The number of carbonyl (C=O) groups is 1. The molecule has 18 heavy (non-hydrogen) atoms. The molecule has 0 radical (unpaired) electrons. The summed E-state index contributed by atoms with van der Waals surface area (Å²) in [7, 11) is 1.59. The highest BCUT2D eigenvalue weighted by Gasteiger charge is 2.10. The summed E-state index contributed by atoms with van der Waals surface area (Å²) in [5.41, 5.74) is 7.80. The van der Waals surface area contributed by atoms with E-state index in [1.54, 1.807) is 13.2 Å². The van der Waals surface area contributed by atoms with Gasteiger partial charge in [-0.05, 0) is 47.2 Å². The van der Waals surface area contributed by atoms with Crippen molar-refractivity contribution in [2.75, 3.05) is 13.7 Å². The number of hydrogen-bond acceptors (Lipinski definition) is 4. The Morgan fingerprint density at radius 1 is 1.61 bits per heavy atom. The number of primary amides is 1. The molecule has 98 valence electrons. The molecule has 2 amide bonds. The summed E-state index contributed by atoms with van der Waals surface area (Å²) in [4.78, 5) is 10.5. The molecular weight excluding hydrogens is 349 g/mol. The fourth-order valence-corrected chi connectivity index (χ4v) is 2.14. The van der Waals surface area contributed by atoms with Crippen LogP contribution in [0.25, 0.3) is 0 Å². The molecule has 7 heteroatoms. The number of amides is 2. The number of nitrogens with zero attached hydrogens (tertiary/aromatic N) is 1. The number of hydrazone groups is 1. The Balaban J connectivity index is 3.00. The van der Waals surface area contributed by atoms with Crippen molar-refractivity contribution < 1.29 is 14.3 Å². The highest BCUT2D eigenvalue weighted by atomic mass is 127. The predicted octanol–water partition coefficient (Wildman–Crippen LogP) is 1.70. The van der Waals surface area contributed by atoms with Crippen LogP contribution in [0.4, 0.5) is 4.79 Å². The van der Waals surface area contributed by atoms with Crippen LogP contribution in [-0.4, -0.2) is 26.0 Å². The van der Waals surface area contributed by atoms with Crippen molar-refractivity contribution >= 4 is 34.8 Å².